The molecule has 1 aromatic heterocycles. The highest BCUT2D eigenvalue weighted by molar-refractivity contribution is 7.89. The lowest BCUT2D eigenvalue weighted by atomic mass is 10.0. The van der Waals surface area contributed by atoms with Gasteiger partial charge >= 0.3 is 0 Å². The van der Waals surface area contributed by atoms with Crippen LogP contribution in [0.1, 0.15) is 59.6 Å². The summed E-state index contributed by atoms with van der Waals surface area (Å²) in [6, 6.07) is 23.8. The van der Waals surface area contributed by atoms with Gasteiger partial charge in [0.05, 0.1) is 39.3 Å². The molecule has 3 N–H and O–H groups in total. The minimum Gasteiger partial charge on any atom is -0.390 e. The molecule has 0 unspecified atom stereocenters. The smallest absolute Gasteiger partial charge is 0.243 e. The number of hydrogen-bond acceptors (Lipinski definition) is 7. The van der Waals surface area contributed by atoms with Crippen LogP contribution in [0.15, 0.2) is 89.3 Å². The summed E-state index contributed by atoms with van der Waals surface area (Å²) >= 11 is 1.36. The molecule has 3 aromatic carbocycles. The number of carbonyl (C=O) groups excluding carboxylic acids is 2. The molecule has 2 atom stereocenters. The zero-order chi connectivity index (χ0) is 35.7. The molecule has 0 aliphatic heterocycles. The number of amides is 2. The van der Waals surface area contributed by atoms with E-state index in [1.165, 1.54) is 34.2 Å². The minimum atomic E-state index is -3.93. The Morgan fingerprint density at radius 2 is 1.48 bits per heavy atom. The molecule has 0 saturated carbocycles. The van der Waals surface area contributed by atoms with Crippen molar-refractivity contribution in [2.45, 2.75) is 78.3 Å². The quantitative estimate of drug-likeness (QED) is 0.156. The molecule has 11 heteroatoms. The predicted molar refractivity (Wildman–Crippen MR) is 196 cm³/mol. The summed E-state index contributed by atoms with van der Waals surface area (Å²) in [5.74, 6) is 0.0116. The van der Waals surface area contributed by atoms with E-state index in [1.54, 1.807) is 17.6 Å². The van der Waals surface area contributed by atoms with Gasteiger partial charge in [0.2, 0.25) is 21.8 Å². The zero-order valence-electron chi connectivity index (χ0n) is 29.2. The molecule has 9 nitrogen and oxygen atoms in total. The summed E-state index contributed by atoms with van der Waals surface area (Å²) in [4.78, 5) is 28.0. The Balaban J connectivity index is 0.000000561. The number of sulfonamides is 1. The molecule has 4 aromatic rings. The van der Waals surface area contributed by atoms with Crippen LogP contribution in [0.2, 0.25) is 0 Å². The van der Waals surface area contributed by atoms with Crippen LogP contribution in [-0.2, 0) is 32.5 Å². The zero-order valence-corrected chi connectivity index (χ0v) is 30.9. The average Bonchev–Trinajstić information content (AvgIpc) is 3.52. The van der Waals surface area contributed by atoms with Gasteiger partial charge in [-0.2, -0.15) is 4.31 Å². The molecule has 0 aliphatic carbocycles. The second-order valence-corrected chi connectivity index (χ2v) is 15.4. The van der Waals surface area contributed by atoms with Crippen molar-refractivity contribution < 1.29 is 23.1 Å². The number of nitrogens with zero attached hydrogens (tertiary/aromatic N) is 2. The summed E-state index contributed by atoms with van der Waals surface area (Å²) in [5, 5.41) is 16.4. The van der Waals surface area contributed by atoms with Crippen LogP contribution in [0.4, 0.5) is 0 Å². The molecule has 48 heavy (non-hydrogen) atoms. The summed E-state index contributed by atoms with van der Waals surface area (Å²) in [7, 11) is -3.93. The lowest BCUT2D eigenvalue weighted by Crippen LogP contribution is -2.52. The summed E-state index contributed by atoms with van der Waals surface area (Å²) < 4.78 is 29.3. The summed E-state index contributed by atoms with van der Waals surface area (Å²) in [6.07, 6.45) is 0.226. The van der Waals surface area contributed by atoms with Crippen molar-refractivity contribution in [1.82, 2.24) is 19.9 Å². The average molecular weight is 697 g/mol. The molecule has 0 fully saturated rings. The Morgan fingerprint density at radius 3 is 2.00 bits per heavy atom. The molecule has 262 valence electrons. The van der Waals surface area contributed by atoms with E-state index >= 15 is 0 Å². The van der Waals surface area contributed by atoms with Gasteiger partial charge in [-0.15, -0.1) is 11.3 Å². The third kappa shape index (κ3) is 14.6. The van der Waals surface area contributed by atoms with E-state index in [-0.39, 0.29) is 42.8 Å². The predicted octanol–water partition coefficient (Wildman–Crippen LogP) is 6.08. The van der Waals surface area contributed by atoms with Crippen LogP contribution in [0.5, 0.6) is 0 Å². The van der Waals surface area contributed by atoms with Gasteiger partial charge < -0.3 is 15.7 Å². The number of hydrogen-bond donors (Lipinski definition) is 3. The molecular weight excluding hydrogens is 645 g/mol. The van der Waals surface area contributed by atoms with Crippen LogP contribution in [0.3, 0.4) is 0 Å². The molecule has 4 rings (SSSR count). The van der Waals surface area contributed by atoms with Crippen molar-refractivity contribution in [3.05, 3.63) is 95.5 Å². The van der Waals surface area contributed by atoms with Gasteiger partial charge in [-0.05, 0) is 54.0 Å². The van der Waals surface area contributed by atoms with Crippen LogP contribution >= 0.6 is 11.3 Å². The number of aliphatic hydroxyl groups excluding tert-OH is 1. The molecule has 0 radical (unpaired) electrons. The highest BCUT2D eigenvalue weighted by Gasteiger charge is 2.31. The minimum absolute atomic E-state index is 0.000964. The van der Waals surface area contributed by atoms with E-state index in [0.717, 1.165) is 28.1 Å². The van der Waals surface area contributed by atoms with E-state index in [1.807, 2.05) is 50.2 Å². The number of aromatic nitrogens is 1. The number of benzene rings is 3. The first-order chi connectivity index (χ1) is 22.7. The second kappa shape index (κ2) is 20.7. The molecular formula is C37H52N4O5S2. The fraction of sp³-hybridized carbons (Fsp3) is 0.432. The highest BCUT2D eigenvalue weighted by atomic mass is 32.2. The van der Waals surface area contributed by atoms with Crippen molar-refractivity contribution in [3.8, 4) is 0 Å². The number of carbonyl (C=O) groups is 2. The molecule has 0 saturated heterocycles. The first-order valence-electron chi connectivity index (χ1n) is 16.4. The van der Waals surface area contributed by atoms with Gasteiger partial charge in [0.1, 0.15) is 0 Å². The van der Waals surface area contributed by atoms with Gasteiger partial charge in [0, 0.05) is 20.0 Å². The van der Waals surface area contributed by atoms with Gasteiger partial charge in [-0.25, -0.2) is 13.4 Å². The number of aliphatic hydroxyl groups is 1. The van der Waals surface area contributed by atoms with E-state index < -0.39 is 28.1 Å². The van der Waals surface area contributed by atoms with Crippen molar-refractivity contribution in [3.63, 3.8) is 0 Å². The Kier molecular flexibility index (Phi) is 17.5. The van der Waals surface area contributed by atoms with E-state index in [2.05, 4.69) is 67.6 Å². The number of rotatable bonds is 13. The molecule has 2 amide bonds. The summed E-state index contributed by atoms with van der Waals surface area (Å²) in [6.45, 7) is 13.5. The van der Waals surface area contributed by atoms with Crippen molar-refractivity contribution in [2.75, 3.05) is 19.6 Å². The Labute approximate surface area is 290 Å². The molecule has 0 spiro atoms. The second-order valence-electron chi connectivity index (χ2n) is 12.6. The maximum atomic E-state index is 13.6. The maximum Gasteiger partial charge on any atom is 0.243 e. The van der Waals surface area contributed by atoms with Crippen molar-refractivity contribution in [2.24, 2.45) is 11.8 Å². The molecule has 0 aliphatic rings. The fourth-order valence-electron chi connectivity index (χ4n) is 4.49. The fourth-order valence-corrected chi connectivity index (χ4v) is 6.93. The molecule has 0 bridgehead atoms. The lowest BCUT2D eigenvalue weighted by Gasteiger charge is -2.30. The van der Waals surface area contributed by atoms with E-state index in [0.29, 0.717) is 0 Å². The van der Waals surface area contributed by atoms with Crippen molar-refractivity contribution in [1.29, 1.82) is 0 Å². The number of fused-ring (bicyclic) bond motifs is 1. The van der Waals surface area contributed by atoms with Crippen molar-refractivity contribution >= 4 is 43.4 Å². The number of nitrogens with one attached hydrogen (secondary N) is 2. The van der Waals surface area contributed by atoms with E-state index in [4.69, 9.17) is 0 Å². The lowest BCUT2D eigenvalue weighted by molar-refractivity contribution is -0.126. The van der Waals surface area contributed by atoms with Crippen LogP contribution in [-0.4, -0.2) is 66.4 Å². The first-order valence-corrected chi connectivity index (χ1v) is 18.7. The normalized spacial score (nSPS) is 12.5. The van der Waals surface area contributed by atoms with E-state index in [9.17, 15) is 23.1 Å². The Hall–Kier alpha value is -3.64. The number of aryl methyl sites for hydroxylation is 1. The Morgan fingerprint density at radius 1 is 0.896 bits per heavy atom. The number of thiazole rings is 1. The topological polar surface area (TPSA) is 129 Å². The van der Waals surface area contributed by atoms with Crippen LogP contribution < -0.4 is 10.6 Å². The van der Waals surface area contributed by atoms with Gasteiger partial charge in [0.25, 0.3) is 0 Å². The highest BCUT2D eigenvalue weighted by Crippen LogP contribution is 2.25. The van der Waals surface area contributed by atoms with Gasteiger partial charge in [-0.1, -0.05) is 102 Å². The maximum absolute atomic E-state index is 13.6. The third-order valence-electron chi connectivity index (χ3n) is 6.76. The summed E-state index contributed by atoms with van der Waals surface area (Å²) in [5.41, 5.74) is 4.66. The standard InChI is InChI=1S/C25H32N4O5S2.C8H10.C4H10/c1-17(2)14-29(36(33,34)20-9-10-21-24(12-20)35-16-27-21)15-23(31)22(11-19-7-5-4-6-8-19)28-25(32)13-26-18(3)30;1-2-8-6-4-3-5-7-8;1-4(2)3/h4-10,12,16-17,22-23,31H,11,13-15H2,1-3H3,(H,26,30)(H,28,32);3-7H,2H2,1H3;4H,1-3H3/t22-,23+;;/m0../s1. The van der Waals surface area contributed by atoms with Gasteiger partial charge in [0.15, 0.2) is 0 Å². The SMILES string of the molecule is CC(=O)NCC(=O)N[C@@H](Cc1ccccc1)[C@H](O)CN(CC(C)C)S(=O)(=O)c1ccc2ncsc2c1.CC(C)C.CCc1ccccc1. The third-order valence-corrected chi connectivity index (χ3v) is 9.38. The molecule has 1 heterocycles. The van der Waals surface area contributed by atoms with Crippen LogP contribution in [0, 0.1) is 11.8 Å². The first kappa shape index (κ1) is 40.5. The van der Waals surface area contributed by atoms with Crippen LogP contribution in [0.25, 0.3) is 10.2 Å². The largest absolute Gasteiger partial charge is 0.390 e. The monoisotopic (exact) mass is 696 g/mol. The van der Waals surface area contributed by atoms with Gasteiger partial charge in [-0.3, -0.25) is 9.59 Å². The Bertz CT molecular complexity index is 1620.